The molecule has 1 heterocycles. The summed E-state index contributed by atoms with van der Waals surface area (Å²) < 4.78 is 52.2. The number of aromatic nitrogens is 1. The molecule has 9 nitrogen and oxygen atoms in total. The van der Waals surface area contributed by atoms with Gasteiger partial charge in [-0.25, -0.2) is 16.8 Å². The van der Waals surface area contributed by atoms with Gasteiger partial charge in [0.1, 0.15) is 0 Å². The van der Waals surface area contributed by atoms with Crippen molar-refractivity contribution in [3.63, 3.8) is 0 Å². The first-order valence-corrected chi connectivity index (χ1v) is 12.9. The van der Waals surface area contributed by atoms with E-state index in [1.165, 1.54) is 53.1 Å². The fourth-order valence-electron chi connectivity index (χ4n) is 2.95. The van der Waals surface area contributed by atoms with E-state index in [0.29, 0.717) is 22.6 Å². The molecular weight excluding hydrogens is 452 g/mol. The molecule has 0 saturated heterocycles. The number of benzene rings is 2. The lowest BCUT2D eigenvalue weighted by Gasteiger charge is -2.20. The lowest BCUT2D eigenvalue weighted by molar-refractivity contribution is 0.102. The molecule has 2 N–H and O–H groups in total. The number of carbonyl (C=O) groups is 1. The Kier molecular flexibility index (Phi) is 6.80. The second-order valence-corrected chi connectivity index (χ2v) is 10.4. The van der Waals surface area contributed by atoms with Gasteiger partial charge in [-0.15, -0.1) is 0 Å². The minimum atomic E-state index is -3.79. The van der Waals surface area contributed by atoms with Crippen LogP contribution in [0.5, 0.6) is 0 Å². The lowest BCUT2D eigenvalue weighted by atomic mass is 10.2. The molecule has 0 bridgehead atoms. The van der Waals surface area contributed by atoms with Crippen LogP contribution >= 0.6 is 0 Å². The topological polar surface area (TPSA) is 126 Å². The van der Waals surface area contributed by atoms with Crippen LogP contribution in [0.2, 0.25) is 0 Å². The van der Waals surface area contributed by atoms with Crippen LogP contribution in [0, 0.1) is 0 Å². The molecule has 0 radical (unpaired) electrons. The maximum absolute atomic E-state index is 12.5. The minimum Gasteiger partial charge on any atom is -0.322 e. The largest absolute Gasteiger partial charge is 0.322 e. The van der Waals surface area contributed by atoms with E-state index in [1.807, 2.05) is 0 Å². The molecular formula is C21H22N4O5S2. The van der Waals surface area contributed by atoms with Gasteiger partial charge in [-0.05, 0) is 67.6 Å². The van der Waals surface area contributed by atoms with Crippen molar-refractivity contribution in [2.75, 3.05) is 27.1 Å². The van der Waals surface area contributed by atoms with Crippen LogP contribution < -0.4 is 14.3 Å². The summed E-state index contributed by atoms with van der Waals surface area (Å²) in [7, 11) is -7.21. The third-order valence-electron chi connectivity index (χ3n) is 4.44. The first-order valence-electron chi connectivity index (χ1n) is 9.52. The fourth-order valence-corrected chi connectivity index (χ4v) is 4.96. The summed E-state index contributed by atoms with van der Waals surface area (Å²) >= 11 is 0. The van der Waals surface area contributed by atoms with Crippen molar-refractivity contribution in [1.82, 2.24) is 4.98 Å². The zero-order valence-corrected chi connectivity index (χ0v) is 19.0. The summed E-state index contributed by atoms with van der Waals surface area (Å²) in [5.74, 6) is -0.414. The van der Waals surface area contributed by atoms with E-state index in [-0.39, 0.29) is 11.4 Å². The van der Waals surface area contributed by atoms with Crippen molar-refractivity contribution in [2.24, 2.45) is 0 Å². The SMILES string of the molecule is CCN(c1ccc(C(=O)Nc2ccc(S(=O)(=O)Nc3cccnc3)cc2)cc1)S(C)(=O)=O. The summed E-state index contributed by atoms with van der Waals surface area (Å²) in [5, 5.41) is 2.68. The number of amides is 1. The highest BCUT2D eigenvalue weighted by atomic mass is 32.2. The van der Waals surface area contributed by atoms with Gasteiger partial charge >= 0.3 is 0 Å². The first-order chi connectivity index (χ1) is 15.1. The molecule has 0 aliphatic heterocycles. The molecule has 0 aliphatic carbocycles. The molecule has 0 saturated carbocycles. The highest BCUT2D eigenvalue weighted by molar-refractivity contribution is 7.92. The number of pyridine rings is 1. The Morgan fingerprint density at radius 2 is 1.59 bits per heavy atom. The van der Waals surface area contributed by atoms with Crippen molar-refractivity contribution in [3.8, 4) is 0 Å². The number of carbonyl (C=O) groups excluding carboxylic acids is 1. The van der Waals surface area contributed by atoms with E-state index in [4.69, 9.17) is 0 Å². The van der Waals surface area contributed by atoms with Gasteiger partial charge in [0.15, 0.2) is 0 Å². The van der Waals surface area contributed by atoms with Crippen LogP contribution in [0.1, 0.15) is 17.3 Å². The zero-order chi connectivity index (χ0) is 23.4. The zero-order valence-electron chi connectivity index (χ0n) is 17.4. The molecule has 3 aromatic rings. The lowest BCUT2D eigenvalue weighted by Crippen LogP contribution is -2.29. The number of nitrogens with one attached hydrogen (secondary N) is 2. The average molecular weight is 475 g/mol. The van der Waals surface area contributed by atoms with Gasteiger partial charge in [0.25, 0.3) is 15.9 Å². The Bertz CT molecular complexity index is 1290. The maximum Gasteiger partial charge on any atom is 0.261 e. The molecule has 0 spiro atoms. The van der Waals surface area contributed by atoms with Crippen molar-refractivity contribution in [1.29, 1.82) is 0 Å². The van der Waals surface area contributed by atoms with E-state index < -0.39 is 26.0 Å². The maximum atomic E-state index is 12.5. The molecule has 3 rings (SSSR count). The van der Waals surface area contributed by atoms with E-state index in [0.717, 1.165) is 6.26 Å². The van der Waals surface area contributed by atoms with Crippen LogP contribution in [0.4, 0.5) is 17.1 Å². The molecule has 11 heteroatoms. The smallest absolute Gasteiger partial charge is 0.261 e. The Hall–Kier alpha value is -3.44. The molecule has 2 aromatic carbocycles. The van der Waals surface area contributed by atoms with E-state index in [2.05, 4.69) is 15.0 Å². The van der Waals surface area contributed by atoms with Crippen LogP contribution in [-0.2, 0) is 20.0 Å². The van der Waals surface area contributed by atoms with Gasteiger partial charge in [0.05, 0.1) is 28.7 Å². The Morgan fingerprint density at radius 1 is 0.938 bits per heavy atom. The molecule has 0 atom stereocenters. The van der Waals surface area contributed by atoms with E-state index >= 15 is 0 Å². The molecule has 32 heavy (non-hydrogen) atoms. The van der Waals surface area contributed by atoms with Crippen molar-refractivity contribution >= 4 is 43.0 Å². The highest BCUT2D eigenvalue weighted by Gasteiger charge is 2.17. The molecule has 1 amide bonds. The average Bonchev–Trinajstić information content (AvgIpc) is 2.74. The van der Waals surface area contributed by atoms with E-state index in [9.17, 15) is 21.6 Å². The predicted molar refractivity (Wildman–Crippen MR) is 124 cm³/mol. The number of hydrogen-bond donors (Lipinski definition) is 2. The normalized spacial score (nSPS) is 11.6. The molecule has 1 aromatic heterocycles. The molecule has 168 valence electrons. The van der Waals surface area contributed by atoms with Crippen LogP contribution in [0.3, 0.4) is 0 Å². The number of hydrogen-bond acceptors (Lipinski definition) is 6. The van der Waals surface area contributed by atoms with E-state index in [1.54, 1.807) is 31.2 Å². The Morgan fingerprint density at radius 3 is 2.12 bits per heavy atom. The van der Waals surface area contributed by atoms with Gasteiger partial charge in [-0.1, -0.05) is 0 Å². The molecule has 0 fully saturated rings. The number of sulfonamides is 2. The summed E-state index contributed by atoms with van der Waals surface area (Å²) in [6.45, 7) is 1.99. The second kappa shape index (κ2) is 9.37. The third-order valence-corrected chi connectivity index (χ3v) is 7.11. The Balaban J connectivity index is 1.69. The molecule has 0 unspecified atom stereocenters. The number of anilines is 3. The quantitative estimate of drug-likeness (QED) is 0.517. The standard InChI is InChI=1S/C21H22N4O5S2/c1-3-25(31(2,27)28)19-10-6-16(7-11-19)21(26)23-17-8-12-20(13-9-17)32(29,30)24-18-5-4-14-22-15-18/h4-15,24H,3H2,1-2H3,(H,23,26). The van der Waals surface area contributed by atoms with Crippen molar-refractivity contribution in [3.05, 3.63) is 78.6 Å². The monoisotopic (exact) mass is 474 g/mol. The van der Waals surface area contributed by atoms with Gasteiger partial charge in [-0.2, -0.15) is 0 Å². The number of nitrogens with zero attached hydrogens (tertiary/aromatic N) is 2. The number of rotatable bonds is 8. The van der Waals surface area contributed by atoms with Crippen LogP contribution in [0.25, 0.3) is 0 Å². The Labute approximate surface area is 187 Å². The van der Waals surface area contributed by atoms with Gasteiger partial charge in [0, 0.05) is 24.0 Å². The summed E-state index contributed by atoms with van der Waals surface area (Å²) in [5.41, 5.74) is 1.53. The van der Waals surface area contributed by atoms with Crippen molar-refractivity contribution < 1.29 is 21.6 Å². The van der Waals surface area contributed by atoms with Crippen LogP contribution in [0.15, 0.2) is 78.0 Å². The second-order valence-electron chi connectivity index (χ2n) is 6.80. The van der Waals surface area contributed by atoms with Gasteiger partial charge in [0.2, 0.25) is 10.0 Å². The van der Waals surface area contributed by atoms with Gasteiger partial charge < -0.3 is 5.32 Å². The molecule has 0 aliphatic rings. The predicted octanol–water partition coefficient (Wildman–Crippen LogP) is 2.92. The summed E-state index contributed by atoms with van der Waals surface area (Å²) in [6.07, 6.45) is 4.05. The fraction of sp³-hybridized carbons (Fsp3) is 0.143. The van der Waals surface area contributed by atoms with Crippen LogP contribution in [-0.4, -0.2) is 40.5 Å². The summed E-state index contributed by atoms with van der Waals surface area (Å²) in [6, 6.07) is 15.1. The summed E-state index contributed by atoms with van der Waals surface area (Å²) in [4.78, 5) is 16.4. The first kappa shape index (κ1) is 23.2. The highest BCUT2D eigenvalue weighted by Crippen LogP contribution is 2.20. The van der Waals surface area contributed by atoms with Gasteiger partial charge in [-0.3, -0.25) is 18.8 Å². The minimum absolute atomic E-state index is 0.0316. The van der Waals surface area contributed by atoms with Crippen molar-refractivity contribution in [2.45, 2.75) is 11.8 Å². The third kappa shape index (κ3) is 5.62.